The summed E-state index contributed by atoms with van der Waals surface area (Å²) in [4.78, 5) is 6.74. The molecular formula is C12H17ClN4. The highest BCUT2D eigenvalue weighted by atomic mass is 35.5. The van der Waals surface area contributed by atoms with Crippen LogP contribution < -0.4 is 4.90 Å². The normalized spacial score (nSPS) is 11.3. The standard InChI is InChI=1S/C12H17ClN4/c1-10(2)16(8-3-5-13)12-11-4-6-15-17(11)9-7-14-12/h4,6-7,9-10H,3,5,8H2,1-2H3. The SMILES string of the molecule is CC(C)N(CCCCl)c1nccn2nccc12. The highest BCUT2D eigenvalue weighted by molar-refractivity contribution is 6.17. The van der Waals surface area contributed by atoms with Gasteiger partial charge in [-0.15, -0.1) is 11.6 Å². The van der Waals surface area contributed by atoms with Crippen LogP contribution in [0, 0.1) is 0 Å². The van der Waals surface area contributed by atoms with Gasteiger partial charge in [0.25, 0.3) is 0 Å². The van der Waals surface area contributed by atoms with Crippen molar-refractivity contribution in [1.82, 2.24) is 14.6 Å². The van der Waals surface area contributed by atoms with E-state index in [0.717, 1.165) is 24.3 Å². The summed E-state index contributed by atoms with van der Waals surface area (Å²) in [6, 6.07) is 2.38. The molecule has 2 rings (SSSR count). The fourth-order valence-corrected chi connectivity index (χ4v) is 2.02. The highest BCUT2D eigenvalue weighted by Gasteiger charge is 2.14. The minimum absolute atomic E-state index is 0.395. The van der Waals surface area contributed by atoms with E-state index >= 15 is 0 Å². The van der Waals surface area contributed by atoms with E-state index in [1.54, 1.807) is 12.4 Å². The smallest absolute Gasteiger partial charge is 0.154 e. The van der Waals surface area contributed by atoms with Gasteiger partial charge in [-0.2, -0.15) is 5.10 Å². The Balaban J connectivity index is 2.37. The van der Waals surface area contributed by atoms with Gasteiger partial charge in [0.05, 0.1) is 6.20 Å². The van der Waals surface area contributed by atoms with Gasteiger partial charge in [0.2, 0.25) is 0 Å². The molecule has 0 saturated carbocycles. The van der Waals surface area contributed by atoms with Crippen molar-refractivity contribution in [2.45, 2.75) is 26.3 Å². The number of fused-ring (bicyclic) bond motifs is 1. The first kappa shape index (κ1) is 12.2. The third kappa shape index (κ3) is 2.52. The fraction of sp³-hybridized carbons (Fsp3) is 0.500. The summed E-state index contributed by atoms with van der Waals surface area (Å²) in [5.41, 5.74) is 1.04. The van der Waals surface area contributed by atoms with Gasteiger partial charge < -0.3 is 4.90 Å². The number of aromatic nitrogens is 3. The van der Waals surface area contributed by atoms with Gasteiger partial charge in [-0.05, 0) is 26.3 Å². The summed E-state index contributed by atoms with van der Waals surface area (Å²) in [6.45, 7) is 5.24. The van der Waals surface area contributed by atoms with Crippen LogP contribution in [0.4, 0.5) is 5.82 Å². The zero-order valence-corrected chi connectivity index (χ0v) is 10.9. The Labute approximate surface area is 106 Å². The number of rotatable bonds is 5. The number of hydrogen-bond donors (Lipinski definition) is 0. The van der Waals surface area contributed by atoms with Crippen LogP contribution in [0.15, 0.2) is 24.7 Å². The predicted octanol–water partition coefficient (Wildman–Crippen LogP) is 2.57. The van der Waals surface area contributed by atoms with E-state index in [4.69, 9.17) is 11.6 Å². The lowest BCUT2D eigenvalue weighted by Crippen LogP contribution is -2.33. The van der Waals surface area contributed by atoms with Crippen LogP contribution >= 0.6 is 11.6 Å². The summed E-state index contributed by atoms with van der Waals surface area (Å²) >= 11 is 5.77. The molecule has 0 radical (unpaired) electrons. The summed E-state index contributed by atoms with van der Waals surface area (Å²) in [5, 5.41) is 4.23. The van der Waals surface area contributed by atoms with Crippen molar-refractivity contribution in [2.75, 3.05) is 17.3 Å². The predicted molar refractivity (Wildman–Crippen MR) is 70.8 cm³/mol. The first-order valence-electron chi connectivity index (χ1n) is 5.85. The van der Waals surface area contributed by atoms with Crippen LogP contribution in [0.5, 0.6) is 0 Å². The van der Waals surface area contributed by atoms with E-state index in [1.165, 1.54) is 0 Å². The fourth-order valence-electron chi connectivity index (χ4n) is 1.90. The van der Waals surface area contributed by atoms with E-state index in [2.05, 4.69) is 28.8 Å². The zero-order valence-electron chi connectivity index (χ0n) is 10.2. The molecule has 2 aromatic rings. The summed E-state index contributed by atoms with van der Waals surface area (Å²) in [5.74, 6) is 1.65. The number of anilines is 1. The molecule has 0 fully saturated rings. The van der Waals surface area contributed by atoms with Crippen molar-refractivity contribution in [2.24, 2.45) is 0 Å². The molecule has 0 amide bonds. The Bertz CT molecular complexity index is 480. The first-order valence-corrected chi connectivity index (χ1v) is 6.38. The molecule has 2 aromatic heterocycles. The molecule has 0 aliphatic rings. The van der Waals surface area contributed by atoms with E-state index in [-0.39, 0.29) is 0 Å². The van der Waals surface area contributed by atoms with E-state index in [0.29, 0.717) is 11.9 Å². The van der Waals surface area contributed by atoms with E-state index in [9.17, 15) is 0 Å². The lowest BCUT2D eigenvalue weighted by atomic mass is 10.2. The lowest BCUT2D eigenvalue weighted by molar-refractivity contribution is 0.663. The van der Waals surface area contributed by atoms with Crippen molar-refractivity contribution in [3.05, 3.63) is 24.7 Å². The number of hydrogen-bond acceptors (Lipinski definition) is 3. The third-order valence-electron chi connectivity index (χ3n) is 2.73. The zero-order chi connectivity index (χ0) is 12.3. The van der Waals surface area contributed by atoms with Gasteiger partial charge in [0.15, 0.2) is 5.82 Å². The molecule has 0 aliphatic carbocycles. The summed E-state index contributed by atoms with van der Waals surface area (Å²) in [7, 11) is 0. The molecule has 4 nitrogen and oxygen atoms in total. The second-order valence-corrected chi connectivity index (χ2v) is 4.62. The lowest BCUT2D eigenvalue weighted by Gasteiger charge is -2.28. The average Bonchev–Trinajstić information content (AvgIpc) is 2.77. The molecule has 17 heavy (non-hydrogen) atoms. The van der Waals surface area contributed by atoms with Gasteiger partial charge in [0.1, 0.15) is 5.52 Å². The van der Waals surface area contributed by atoms with Crippen molar-refractivity contribution >= 4 is 22.9 Å². The number of alkyl halides is 1. The van der Waals surface area contributed by atoms with Crippen molar-refractivity contribution in [1.29, 1.82) is 0 Å². The van der Waals surface area contributed by atoms with Gasteiger partial charge in [-0.3, -0.25) is 0 Å². The molecule has 0 saturated heterocycles. The summed E-state index contributed by atoms with van der Waals surface area (Å²) in [6.07, 6.45) is 6.39. The van der Waals surface area contributed by atoms with Gasteiger partial charge in [-0.1, -0.05) is 0 Å². The molecule has 2 heterocycles. The number of nitrogens with zero attached hydrogens (tertiary/aromatic N) is 4. The maximum absolute atomic E-state index is 5.77. The molecule has 92 valence electrons. The largest absolute Gasteiger partial charge is 0.352 e. The Morgan fingerprint density at radius 3 is 2.94 bits per heavy atom. The second-order valence-electron chi connectivity index (χ2n) is 4.24. The average molecular weight is 253 g/mol. The molecule has 0 aromatic carbocycles. The molecular weight excluding hydrogens is 236 g/mol. The Morgan fingerprint density at radius 1 is 1.41 bits per heavy atom. The Kier molecular flexibility index (Phi) is 3.84. The van der Waals surface area contributed by atoms with Crippen LogP contribution in [-0.4, -0.2) is 33.1 Å². The van der Waals surface area contributed by atoms with Gasteiger partial charge in [0, 0.05) is 30.9 Å². The molecule has 0 N–H and O–H groups in total. The monoisotopic (exact) mass is 252 g/mol. The van der Waals surface area contributed by atoms with Crippen LogP contribution in [0.3, 0.4) is 0 Å². The molecule has 0 atom stereocenters. The van der Waals surface area contributed by atoms with Crippen LogP contribution in [-0.2, 0) is 0 Å². The molecule has 0 unspecified atom stereocenters. The van der Waals surface area contributed by atoms with Gasteiger partial charge in [-0.25, -0.2) is 9.50 Å². The number of halogens is 1. The first-order chi connectivity index (χ1) is 8.24. The Morgan fingerprint density at radius 2 is 2.24 bits per heavy atom. The topological polar surface area (TPSA) is 33.4 Å². The quantitative estimate of drug-likeness (QED) is 0.767. The third-order valence-corrected chi connectivity index (χ3v) is 3.00. The summed E-state index contributed by atoms with van der Waals surface area (Å²) < 4.78 is 1.85. The van der Waals surface area contributed by atoms with Crippen LogP contribution in [0.25, 0.3) is 5.52 Å². The van der Waals surface area contributed by atoms with Crippen LogP contribution in [0.1, 0.15) is 20.3 Å². The van der Waals surface area contributed by atoms with Crippen molar-refractivity contribution in [3.8, 4) is 0 Å². The highest BCUT2D eigenvalue weighted by Crippen LogP contribution is 2.20. The molecule has 0 bridgehead atoms. The van der Waals surface area contributed by atoms with Gasteiger partial charge >= 0.3 is 0 Å². The van der Waals surface area contributed by atoms with E-state index in [1.807, 2.05) is 16.8 Å². The molecule has 5 heteroatoms. The molecule has 0 spiro atoms. The van der Waals surface area contributed by atoms with Crippen molar-refractivity contribution < 1.29 is 0 Å². The second kappa shape index (κ2) is 5.36. The van der Waals surface area contributed by atoms with Crippen LogP contribution in [0.2, 0.25) is 0 Å². The maximum atomic E-state index is 5.77. The minimum Gasteiger partial charge on any atom is -0.352 e. The minimum atomic E-state index is 0.395. The molecule has 0 aliphatic heterocycles. The van der Waals surface area contributed by atoms with E-state index < -0.39 is 0 Å². The Hall–Kier alpha value is -1.29. The maximum Gasteiger partial charge on any atom is 0.154 e. The van der Waals surface area contributed by atoms with Crippen molar-refractivity contribution in [3.63, 3.8) is 0 Å².